The van der Waals surface area contributed by atoms with Crippen LogP contribution in [0, 0.1) is 0 Å². The van der Waals surface area contributed by atoms with Crippen LogP contribution in [0.2, 0.25) is 0 Å². The summed E-state index contributed by atoms with van der Waals surface area (Å²) < 4.78 is 0. The lowest BCUT2D eigenvalue weighted by Crippen LogP contribution is -2.23. The van der Waals surface area contributed by atoms with Gasteiger partial charge in [0.25, 0.3) is 0 Å². The van der Waals surface area contributed by atoms with E-state index in [1.807, 2.05) is 35.7 Å². The first-order valence-corrected chi connectivity index (χ1v) is 8.10. The largest absolute Gasteiger partial charge is 0.312 e. The van der Waals surface area contributed by atoms with E-state index < -0.39 is 0 Å². The Labute approximate surface area is 128 Å². The second kappa shape index (κ2) is 5.82. The van der Waals surface area contributed by atoms with Crippen molar-refractivity contribution in [1.82, 2.24) is 0 Å². The van der Waals surface area contributed by atoms with Crippen LogP contribution in [0.5, 0.6) is 0 Å². The van der Waals surface area contributed by atoms with Crippen molar-refractivity contribution in [2.75, 3.05) is 11.4 Å². The highest BCUT2D eigenvalue weighted by molar-refractivity contribution is 7.12. The molecule has 3 rings (SSSR count). The highest BCUT2D eigenvalue weighted by Gasteiger charge is 2.22. The van der Waals surface area contributed by atoms with Crippen LogP contribution in [-0.2, 0) is 11.2 Å². The number of nitrogens with zero attached hydrogens (tertiary/aromatic N) is 1. The van der Waals surface area contributed by atoms with Gasteiger partial charge in [-0.3, -0.25) is 9.59 Å². The first kappa shape index (κ1) is 14.0. The molecule has 3 nitrogen and oxygen atoms in total. The normalized spacial score (nSPS) is 14.7. The minimum atomic E-state index is 0.0705. The monoisotopic (exact) mass is 299 g/mol. The van der Waals surface area contributed by atoms with Gasteiger partial charge in [0, 0.05) is 24.2 Å². The van der Waals surface area contributed by atoms with Crippen molar-refractivity contribution in [3.63, 3.8) is 0 Å². The van der Waals surface area contributed by atoms with Crippen molar-refractivity contribution in [2.45, 2.75) is 26.2 Å². The zero-order chi connectivity index (χ0) is 14.8. The van der Waals surface area contributed by atoms with E-state index in [0.29, 0.717) is 12.0 Å². The third kappa shape index (κ3) is 2.63. The smallest absolute Gasteiger partial charge is 0.227 e. The van der Waals surface area contributed by atoms with Crippen molar-refractivity contribution >= 4 is 28.7 Å². The van der Waals surface area contributed by atoms with E-state index in [1.54, 1.807) is 4.90 Å². The van der Waals surface area contributed by atoms with Gasteiger partial charge in [0.15, 0.2) is 0 Å². The number of thiophene rings is 1. The molecule has 1 amide bonds. The maximum atomic E-state index is 12.5. The number of carbonyl (C=O) groups is 2. The first-order valence-electron chi connectivity index (χ1n) is 7.22. The molecule has 0 aliphatic carbocycles. The van der Waals surface area contributed by atoms with Gasteiger partial charge in [-0.05, 0) is 54.1 Å². The predicted molar refractivity (Wildman–Crippen MR) is 85.2 cm³/mol. The number of hydrogen-bond acceptors (Lipinski definition) is 3. The molecular weight excluding hydrogens is 282 g/mol. The number of rotatable bonds is 4. The van der Waals surface area contributed by atoms with Gasteiger partial charge < -0.3 is 4.90 Å². The quantitative estimate of drug-likeness (QED) is 0.808. The van der Waals surface area contributed by atoms with Crippen LogP contribution < -0.4 is 4.90 Å². The van der Waals surface area contributed by atoms with E-state index in [4.69, 9.17) is 0 Å². The summed E-state index contributed by atoms with van der Waals surface area (Å²) in [5.74, 6) is 0.238. The van der Waals surface area contributed by atoms with Gasteiger partial charge in [0.05, 0.1) is 4.88 Å². The van der Waals surface area contributed by atoms with Gasteiger partial charge in [-0.25, -0.2) is 0 Å². The summed E-state index contributed by atoms with van der Waals surface area (Å²) in [6.07, 6.45) is 2.40. The Kier molecular flexibility index (Phi) is 3.88. The van der Waals surface area contributed by atoms with Crippen LogP contribution in [0.25, 0.3) is 0 Å². The number of anilines is 1. The predicted octanol–water partition coefficient (Wildman–Crippen LogP) is 3.67. The molecule has 21 heavy (non-hydrogen) atoms. The van der Waals surface area contributed by atoms with E-state index in [2.05, 4.69) is 6.92 Å². The molecular formula is C17H17NO2S. The molecule has 0 saturated carbocycles. The number of aryl methyl sites for hydroxylation is 1. The Hall–Kier alpha value is -1.94. The van der Waals surface area contributed by atoms with Gasteiger partial charge in [0.1, 0.15) is 0 Å². The maximum Gasteiger partial charge on any atom is 0.227 e. The lowest BCUT2D eigenvalue weighted by Gasteiger charge is -2.15. The van der Waals surface area contributed by atoms with E-state index in [9.17, 15) is 9.59 Å². The van der Waals surface area contributed by atoms with Crippen molar-refractivity contribution in [1.29, 1.82) is 0 Å². The summed E-state index contributed by atoms with van der Waals surface area (Å²) >= 11 is 1.49. The fourth-order valence-corrected chi connectivity index (χ4v) is 3.62. The van der Waals surface area contributed by atoms with Crippen LogP contribution in [0.3, 0.4) is 0 Å². The Morgan fingerprint density at radius 3 is 2.62 bits per heavy atom. The van der Waals surface area contributed by atoms with Crippen molar-refractivity contribution in [3.05, 3.63) is 51.7 Å². The topological polar surface area (TPSA) is 37.4 Å². The summed E-state index contributed by atoms with van der Waals surface area (Å²) in [5.41, 5.74) is 2.67. The molecule has 1 saturated heterocycles. The number of carbonyl (C=O) groups excluding carboxylic acids is 2. The third-order valence-electron chi connectivity index (χ3n) is 3.85. The number of hydrogen-bond donors (Lipinski definition) is 0. The van der Waals surface area contributed by atoms with E-state index in [0.717, 1.165) is 35.5 Å². The highest BCUT2D eigenvalue weighted by Crippen LogP contribution is 2.25. The van der Waals surface area contributed by atoms with Crippen LogP contribution in [0.1, 0.15) is 40.6 Å². The SMILES string of the molecule is CCc1ccsc1C(=O)c1ccc(N2CCCC2=O)cc1. The van der Waals surface area contributed by atoms with Crippen LogP contribution in [0.4, 0.5) is 5.69 Å². The maximum absolute atomic E-state index is 12.5. The third-order valence-corrected chi connectivity index (χ3v) is 4.80. The molecule has 1 fully saturated rings. The second-order valence-electron chi connectivity index (χ2n) is 5.15. The van der Waals surface area contributed by atoms with Gasteiger partial charge >= 0.3 is 0 Å². The molecule has 2 heterocycles. The van der Waals surface area contributed by atoms with E-state index in [-0.39, 0.29) is 11.7 Å². The summed E-state index contributed by atoms with van der Waals surface area (Å²) in [5, 5.41) is 1.96. The van der Waals surface area contributed by atoms with Crippen LogP contribution >= 0.6 is 11.3 Å². The average molecular weight is 299 g/mol. The first-order chi connectivity index (χ1) is 10.2. The highest BCUT2D eigenvalue weighted by atomic mass is 32.1. The zero-order valence-corrected chi connectivity index (χ0v) is 12.8. The van der Waals surface area contributed by atoms with Crippen LogP contribution in [-0.4, -0.2) is 18.2 Å². The number of amides is 1. The standard InChI is InChI=1S/C17H17NO2S/c1-2-12-9-11-21-17(12)16(20)13-5-7-14(8-6-13)18-10-3-4-15(18)19/h5-9,11H,2-4,10H2,1H3. The Morgan fingerprint density at radius 1 is 1.24 bits per heavy atom. The lowest BCUT2D eigenvalue weighted by atomic mass is 10.1. The molecule has 0 N–H and O–H groups in total. The minimum Gasteiger partial charge on any atom is -0.312 e. The van der Waals surface area contributed by atoms with E-state index >= 15 is 0 Å². The summed E-state index contributed by atoms with van der Waals surface area (Å²) in [6.45, 7) is 2.83. The molecule has 1 aliphatic rings. The average Bonchev–Trinajstić information content (AvgIpc) is 3.15. The second-order valence-corrected chi connectivity index (χ2v) is 6.07. The van der Waals surface area contributed by atoms with Crippen molar-refractivity contribution < 1.29 is 9.59 Å². The lowest BCUT2D eigenvalue weighted by molar-refractivity contribution is -0.117. The van der Waals surface area contributed by atoms with Gasteiger partial charge in [-0.15, -0.1) is 11.3 Å². The molecule has 1 aliphatic heterocycles. The summed E-state index contributed by atoms with van der Waals surface area (Å²) in [6, 6.07) is 9.39. The molecule has 0 atom stereocenters. The molecule has 0 radical (unpaired) electrons. The fraction of sp³-hybridized carbons (Fsp3) is 0.294. The van der Waals surface area contributed by atoms with Gasteiger partial charge in [0.2, 0.25) is 11.7 Å². The molecule has 1 aromatic heterocycles. The molecule has 0 unspecified atom stereocenters. The van der Waals surface area contributed by atoms with E-state index in [1.165, 1.54) is 11.3 Å². The van der Waals surface area contributed by atoms with Crippen LogP contribution in [0.15, 0.2) is 35.7 Å². The molecule has 1 aromatic carbocycles. The molecule has 0 bridgehead atoms. The fourth-order valence-electron chi connectivity index (χ4n) is 2.66. The molecule has 2 aromatic rings. The van der Waals surface area contributed by atoms with Gasteiger partial charge in [-0.2, -0.15) is 0 Å². The molecule has 4 heteroatoms. The Morgan fingerprint density at radius 2 is 2.00 bits per heavy atom. The Bertz CT molecular complexity index is 672. The molecule has 108 valence electrons. The number of benzene rings is 1. The zero-order valence-electron chi connectivity index (χ0n) is 12.0. The van der Waals surface area contributed by atoms with Gasteiger partial charge in [-0.1, -0.05) is 6.92 Å². The molecule has 0 spiro atoms. The van der Waals surface area contributed by atoms with Crippen molar-refractivity contribution in [3.8, 4) is 0 Å². The summed E-state index contributed by atoms with van der Waals surface area (Å²) in [4.78, 5) is 26.8. The minimum absolute atomic E-state index is 0.0705. The Balaban J connectivity index is 1.84. The number of ketones is 1. The van der Waals surface area contributed by atoms with Crippen molar-refractivity contribution in [2.24, 2.45) is 0 Å². The summed E-state index contributed by atoms with van der Waals surface area (Å²) in [7, 11) is 0.